The largest absolute Gasteiger partial charge is 0.493 e. The molecule has 4 nitrogen and oxygen atoms in total. The van der Waals surface area contributed by atoms with E-state index in [9.17, 15) is 4.79 Å². The topological polar surface area (TPSA) is 55.6 Å². The van der Waals surface area contributed by atoms with Crippen LogP contribution in [-0.4, -0.2) is 36.5 Å². The number of benzene rings is 1. The Morgan fingerprint density at radius 3 is 2.59 bits per heavy atom. The van der Waals surface area contributed by atoms with E-state index >= 15 is 0 Å². The Morgan fingerprint density at radius 2 is 2.05 bits per heavy atom. The minimum absolute atomic E-state index is 0.169. The van der Waals surface area contributed by atoms with Crippen LogP contribution in [0.4, 0.5) is 0 Å². The van der Waals surface area contributed by atoms with Crippen LogP contribution in [0.15, 0.2) is 24.3 Å². The van der Waals surface area contributed by atoms with Gasteiger partial charge in [0.25, 0.3) is 0 Å². The first kappa shape index (κ1) is 16.8. The summed E-state index contributed by atoms with van der Waals surface area (Å²) in [5, 5.41) is 0. The lowest BCUT2D eigenvalue weighted by Gasteiger charge is -2.21. The predicted octanol–water partition coefficient (Wildman–Crippen LogP) is 2.77. The van der Waals surface area contributed by atoms with Crippen LogP contribution in [0.3, 0.4) is 0 Å². The summed E-state index contributed by atoms with van der Waals surface area (Å²) < 4.78 is 5.69. The average molecular weight is 304 g/mol. The number of ether oxygens (including phenoxy) is 1. The van der Waals surface area contributed by atoms with Gasteiger partial charge in [-0.25, -0.2) is 0 Å². The molecule has 1 aliphatic rings. The first-order chi connectivity index (χ1) is 10.5. The molecular formula is C18H28N2O2. The molecule has 4 heteroatoms. The molecule has 1 aromatic rings. The van der Waals surface area contributed by atoms with E-state index in [1.165, 1.54) is 5.56 Å². The van der Waals surface area contributed by atoms with Crippen molar-refractivity contribution >= 4 is 5.91 Å². The Labute approximate surface area is 133 Å². The fourth-order valence-electron chi connectivity index (χ4n) is 3.01. The van der Waals surface area contributed by atoms with Crippen molar-refractivity contribution in [2.24, 2.45) is 11.7 Å². The Morgan fingerprint density at radius 1 is 1.36 bits per heavy atom. The van der Waals surface area contributed by atoms with Crippen LogP contribution in [0, 0.1) is 5.92 Å². The zero-order valence-electron chi connectivity index (χ0n) is 13.9. The van der Waals surface area contributed by atoms with Gasteiger partial charge in [-0.15, -0.1) is 0 Å². The van der Waals surface area contributed by atoms with Crippen molar-refractivity contribution in [3.8, 4) is 5.75 Å². The van der Waals surface area contributed by atoms with E-state index in [0.717, 1.165) is 18.7 Å². The Balaban J connectivity index is 1.77. The number of nitrogens with two attached hydrogens (primary N) is 1. The molecular weight excluding hydrogens is 276 g/mol. The third-order valence-corrected chi connectivity index (χ3v) is 4.45. The van der Waals surface area contributed by atoms with Crippen LogP contribution in [0.1, 0.15) is 45.1 Å². The number of rotatable bonds is 6. The monoisotopic (exact) mass is 304 g/mol. The summed E-state index contributed by atoms with van der Waals surface area (Å²) >= 11 is 0. The van der Waals surface area contributed by atoms with Crippen LogP contribution in [-0.2, 0) is 4.79 Å². The van der Waals surface area contributed by atoms with Crippen LogP contribution in [0.2, 0.25) is 0 Å². The normalized spacial score (nSPS) is 21.4. The quantitative estimate of drug-likeness (QED) is 0.879. The van der Waals surface area contributed by atoms with Crippen molar-refractivity contribution in [3.05, 3.63) is 29.8 Å². The van der Waals surface area contributed by atoms with Gasteiger partial charge in [0, 0.05) is 12.6 Å². The van der Waals surface area contributed by atoms with Gasteiger partial charge in [-0.1, -0.05) is 26.0 Å². The molecule has 0 spiro atoms. The summed E-state index contributed by atoms with van der Waals surface area (Å²) in [6, 6.07) is 8.41. The molecule has 2 unspecified atom stereocenters. The van der Waals surface area contributed by atoms with E-state index in [-0.39, 0.29) is 5.91 Å². The molecule has 122 valence electrons. The van der Waals surface area contributed by atoms with Crippen molar-refractivity contribution in [2.75, 3.05) is 19.7 Å². The molecule has 1 aromatic carbocycles. The lowest BCUT2D eigenvalue weighted by molar-refractivity contribution is -0.132. The van der Waals surface area contributed by atoms with Gasteiger partial charge >= 0.3 is 0 Å². The summed E-state index contributed by atoms with van der Waals surface area (Å²) in [5.74, 6) is 1.96. The second-order valence-electron chi connectivity index (χ2n) is 6.55. The van der Waals surface area contributed by atoms with Gasteiger partial charge in [-0.3, -0.25) is 4.79 Å². The Hall–Kier alpha value is -1.55. The molecule has 1 aliphatic heterocycles. The molecule has 0 radical (unpaired) electrons. The molecule has 0 bridgehead atoms. The molecule has 22 heavy (non-hydrogen) atoms. The number of hydrogen-bond acceptors (Lipinski definition) is 3. The lowest BCUT2D eigenvalue weighted by atomic mass is 10.0. The summed E-state index contributed by atoms with van der Waals surface area (Å²) in [4.78, 5) is 14.2. The van der Waals surface area contributed by atoms with Gasteiger partial charge in [-0.05, 0) is 49.4 Å². The maximum absolute atomic E-state index is 12.3. The van der Waals surface area contributed by atoms with Gasteiger partial charge in [0.1, 0.15) is 5.75 Å². The fourth-order valence-corrected chi connectivity index (χ4v) is 3.01. The highest BCUT2D eigenvalue weighted by Crippen LogP contribution is 2.23. The number of carbonyl (C=O) groups excluding carboxylic acids is 1. The second-order valence-corrected chi connectivity index (χ2v) is 6.55. The smallest absolute Gasteiger partial charge is 0.226 e. The molecule has 1 heterocycles. The molecule has 0 aliphatic carbocycles. The van der Waals surface area contributed by atoms with E-state index in [0.29, 0.717) is 37.5 Å². The van der Waals surface area contributed by atoms with Crippen LogP contribution in [0.25, 0.3) is 0 Å². The fraction of sp³-hybridized carbons (Fsp3) is 0.611. The summed E-state index contributed by atoms with van der Waals surface area (Å²) in [6.45, 7) is 8.31. The van der Waals surface area contributed by atoms with Crippen molar-refractivity contribution in [3.63, 3.8) is 0 Å². The first-order valence-corrected chi connectivity index (χ1v) is 8.23. The van der Waals surface area contributed by atoms with Gasteiger partial charge < -0.3 is 15.4 Å². The Bertz CT molecular complexity index is 484. The highest BCUT2D eigenvalue weighted by molar-refractivity contribution is 5.77. The molecule has 2 rings (SSSR count). The first-order valence-electron chi connectivity index (χ1n) is 8.23. The average Bonchev–Trinajstić information content (AvgIpc) is 2.89. The van der Waals surface area contributed by atoms with Gasteiger partial charge in [-0.2, -0.15) is 0 Å². The minimum atomic E-state index is 0.169. The SMILES string of the molecule is CC(C)c1ccc(OCCC(=O)N2CC(CN)CC2C)cc1. The summed E-state index contributed by atoms with van der Waals surface area (Å²) in [6.07, 6.45) is 1.44. The van der Waals surface area contributed by atoms with Crippen molar-refractivity contribution < 1.29 is 9.53 Å². The van der Waals surface area contributed by atoms with Crippen LogP contribution >= 0.6 is 0 Å². The number of amides is 1. The predicted molar refractivity (Wildman–Crippen MR) is 89.0 cm³/mol. The maximum atomic E-state index is 12.3. The molecule has 0 saturated carbocycles. The molecule has 1 saturated heterocycles. The van der Waals surface area contributed by atoms with Gasteiger partial charge in [0.2, 0.25) is 5.91 Å². The highest BCUT2D eigenvalue weighted by atomic mass is 16.5. The molecule has 2 atom stereocenters. The maximum Gasteiger partial charge on any atom is 0.226 e. The molecule has 1 amide bonds. The number of hydrogen-bond donors (Lipinski definition) is 1. The third-order valence-electron chi connectivity index (χ3n) is 4.45. The van der Waals surface area contributed by atoms with E-state index in [1.807, 2.05) is 17.0 Å². The summed E-state index contributed by atoms with van der Waals surface area (Å²) in [5.41, 5.74) is 7.00. The minimum Gasteiger partial charge on any atom is -0.493 e. The van der Waals surface area contributed by atoms with E-state index in [4.69, 9.17) is 10.5 Å². The van der Waals surface area contributed by atoms with Crippen LogP contribution in [0.5, 0.6) is 5.75 Å². The lowest BCUT2D eigenvalue weighted by Crippen LogP contribution is -2.35. The molecule has 1 fully saturated rings. The van der Waals surface area contributed by atoms with Gasteiger partial charge in [0.05, 0.1) is 13.0 Å². The standard InChI is InChI=1S/C18H28N2O2/c1-13(2)16-4-6-17(7-5-16)22-9-8-18(21)20-12-15(11-19)10-14(20)3/h4-7,13-15H,8-12,19H2,1-3H3. The summed E-state index contributed by atoms with van der Waals surface area (Å²) in [7, 11) is 0. The second kappa shape index (κ2) is 7.63. The number of nitrogens with zero attached hydrogens (tertiary/aromatic N) is 1. The van der Waals surface area contributed by atoms with Gasteiger partial charge in [0.15, 0.2) is 0 Å². The van der Waals surface area contributed by atoms with Crippen molar-refractivity contribution in [1.29, 1.82) is 0 Å². The molecule has 2 N–H and O–H groups in total. The van der Waals surface area contributed by atoms with E-state index in [2.05, 4.69) is 32.9 Å². The van der Waals surface area contributed by atoms with E-state index in [1.54, 1.807) is 0 Å². The third kappa shape index (κ3) is 4.23. The molecule has 0 aromatic heterocycles. The van der Waals surface area contributed by atoms with E-state index < -0.39 is 0 Å². The highest BCUT2D eigenvalue weighted by Gasteiger charge is 2.31. The van der Waals surface area contributed by atoms with Crippen molar-refractivity contribution in [2.45, 2.75) is 45.6 Å². The number of likely N-dealkylation sites (tertiary alicyclic amines) is 1. The Kier molecular flexibility index (Phi) is 5.83. The van der Waals surface area contributed by atoms with Crippen molar-refractivity contribution in [1.82, 2.24) is 4.90 Å². The zero-order valence-corrected chi connectivity index (χ0v) is 13.9. The number of carbonyl (C=O) groups is 1. The zero-order chi connectivity index (χ0) is 16.1. The van der Waals surface area contributed by atoms with Crippen LogP contribution < -0.4 is 10.5 Å².